The van der Waals surface area contributed by atoms with E-state index in [0.29, 0.717) is 0 Å². The highest BCUT2D eigenvalue weighted by Gasteiger charge is 2.66. The van der Waals surface area contributed by atoms with Crippen molar-refractivity contribution in [1.82, 2.24) is 0 Å². The van der Waals surface area contributed by atoms with Crippen LogP contribution in [0, 0.1) is 5.41 Å². The molecule has 0 aromatic heterocycles. The maximum Gasteiger partial charge on any atom is 0.164 e. The maximum atomic E-state index is 5.18. The van der Waals surface area contributed by atoms with E-state index in [1.54, 1.807) is 14.2 Å². The van der Waals surface area contributed by atoms with Gasteiger partial charge in [0.2, 0.25) is 0 Å². The standard InChI is InChI=1S/C7H12Br2O2/c1-6(4-7(6,8)9)5(10-2)11-3/h5H,4H2,1-3H3. The van der Waals surface area contributed by atoms with Crippen LogP contribution in [0.1, 0.15) is 13.3 Å². The Morgan fingerprint density at radius 2 is 1.64 bits per heavy atom. The van der Waals surface area contributed by atoms with Crippen LogP contribution < -0.4 is 0 Å². The van der Waals surface area contributed by atoms with Crippen LogP contribution in [0.2, 0.25) is 0 Å². The Balaban J connectivity index is 2.61. The molecule has 0 spiro atoms. The van der Waals surface area contributed by atoms with Crippen LogP contribution in [-0.4, -0.2) is 23.7 Å². The zero-order valence-corrected chi connectivity index (χ0v) is 10.0. The highest BCUT2D eigenvalue weighted by atomic mass is 79.9. The number of halogens is 2. The number of ether oxygens (including phenoxy) is 2. The Bertz CT molecular complexity index is 157. The lowest BCUT2D eigenvalue weighted by Gasteiger charge is -2.22. The van der Waals surface area contributed by atoms with E-state index in [4.69, 9.17) is 9.47 Å². The minimum atomic E-state index is -0.138. The maximum absolute atomic E-state index is 5.18. The van der Waals surface area contributed by atoms with Gasteiger partial charge in [-0.15, -0.1) is 0 Å². The van der Waals surface area contributed by atoms with Crippen LogP contribution in [0.4, 0.5) is 0 Å². The molecule has 0 N–H and O–H groups in total. The second-order valence-electron chi connectivity index (χ2n) is 3.10. The van der Waals surface area contributed by atoms with Crippen molar-refractivity contribution in [3.05, 3.63) is 0 Å². The molecule has 1 fully saturated rings. The third kappa shape index (κ3) is 1.50. The van der Waals surface area contributed by atoms with E-state index in [9.17, 15) is 0 Å². The molecule has 4 heteroatoms. The quantitative estimate of drug-likeness (QED) is 0.587. The predicted octanol–water partition coefficient (Wildman–Crippen LogP) is 2.50. The zero-order chi connectivity index (χ0) is 8.70. The topological polar surface area (TPSA) is 18.5 Å². The van der Waals surface area contributed by atoms with Crippen LogP contribution in [0.15, 0.2) is 0 Å². The molecule has 0 bridgehead atoms. The van der Waals surface area contributed by atoms with E-state index in [-0.39, 0.29) is 14.9 Å². The lowest BCUT2D eigenvalue weighted by Crippen LogP contribution is -2.27. The van der Waals surface area contributed by atoms with Gasteiger partial charge in [0, 0.05) is 19.6 Å². The van der Waals surface area contributed by atoms with Gasteiger partial charge in [-0.2, -0.15) is 0 Å². The molecule has 0 aromatic rings. The van der Waals surface area contributed by atoms with Gasteiger partial charge in [-0.3, -0.25) is 0 Å². The number of methoxy groups -OCH3 is 2. The average molecular weight is 288 g/mol. The fraction of sp³-hybridized carbons (Fsp3) is 1.00. The molecule has 0 heterocycles. The summed E-state index contributed by atoms with van der Waals surface area (Å²) in [5.74, 6) is 0. The highest BCUT2D eigenvalue weighted by Crippen LogP contribution is 2.68. The first kappa shape index (κ1) is 9.96. The van der Waals surface area contributed by atoms with Gasteiger partial charge in [-0.1, -0.05) is 38.8 Å². The summed E-state index contributed by atoms with van der Waals surface area (Å²) >= 11 is 7.10. The summed E-state index contributed by atoms with van der Waals surface area (Å²) < 4.78 is 10.4. The largest absolute Gasteiger partial charge is 0.355 e. The average Bonchev–Trinajstić information content (AvgIpc) is 2.36. The van der Waals surface area contributed by atoms with E-state index >= 15 is 0 Å². The molecular formula is C7H12Br2O2. The summed E-state index contributed by atoms with van der Waals surface area (Å²) in [5, 5.41) is 0. The van der Waals surface area contributed by atoms with E-state index < -0.39 is 0 Å². The molecule has 0 aliphatic heterocycles. The van der Waals surface area contributed by atoms with Crippen molar-refractivity contribution in [2.24, 2.45) is 5.41 Å². The molecule has 1 aliphatic rings. The lowest BCUT2D eigenvalue weighted by molar-refractivity contribution is -0.142. The van der Waals surface area contributed by atoms with Crippen LogP contribution in [0.25, 0.3) is 0 Å². The smallest absolute Gasteiger partial charge is 0.164 e. The van der Waals surface area contributed by atoms with Gasteiger partial charge in [-0.05, 0) is 6.42 Å². The summed E-state index contributed by atoms with van der Waals surface area (Å²) in [5.41, 5.74) is 0.0521. The van der Waals surface area contributed by atoms with Crippen molar-refractivity contribution in [3.63, 3.8) is 0 Å². The Morgan fingerprint density at radius 1 is 1.27 bits per heavy atom. The minimum Gasteiger partial charge on any atom is -0.355 e. The van der Waals surface area contributed by atoms with Gasteiger partial charge in [0.05, 0.1) is 3.23 Å². The molecule has 0 radical (unpaired) electrons. The monoisotopic (exact) mass is 286 g/mol. The molecule has 2 nitrogen and oxygen atoms in total. The van der Waals surface area contributed by atoms with Crippen molar-refractivity contribution in [2.75, 3.05) is 14.2 Å². The van der Waals surface area contributed by atoms with Crippen molar-refractivity contribution in [1.29, 1.82) is 0 Å². The molecule has 0 saturated heterocycles. The van der Waals surface area contributed by atoms with Gasteiger partial charge in [0.1, 0.15) is 0 Å². The third-order valence-corrected chi connectivity index (χ3v) is 4.62. The van der Waals surface area contributed by atoms with E-state index in [2.05, 4.69) is 38.8 Å². The molecular weight excluding hydrogens is 276 g/mol. The van der Waals surface area contributed by atoms with E-state index in [1.807, 2.05) is 0 Å². The predicted molar refractivity (Wildman–Crippen MR) is 51.1 cm³/mol. The first-order valence-electron chi connectivity index (χ1n) is 3.41. The van der Waals surface area contributed by atoms with Gasteiger partial charge in [-0.25, -0.2) is 0 Å². The number of rotatable bonds is 3. The normalized spacial score (nSPS) is 34.4. The molecule has 1 saturated carbocycles. The van der Waals surface area contributed by atoms with Gasteiger partial charge in [0.25, 0.3) is 0 Å². The van der Waals surface area contributed by atoms with Gasteiger partial charge in [0.15, 0.2) is 6.29 Å². The molecule has 66 valence electrons. The van der Waals surface area contributed by atoms with Crippen molar-refractivity contribution in [2.45, 2.75) is 22.9 Å². The van der Waals surface area contributed by atoms with E-state index in [0.717, 1.165) is 6.42 Å². The second kappa shape index (κ2) is 2.98. The van der Waals surface area contributed by atoms with Crippen LogP contribution in [-0.2, 0) is 9.47 Å². The third-order valence-electron chi connectivity index (χ3n) is 2.25. The summed E-state index contributed by atoms with van der Waals surface area (Å²) in [6, 6.07) is 0. The number of hydrogen-bond acceptors (Lipinski definition) is 2. The van der Waals surface area contributed by atoms with Crippen molar-refractivity contribution in [3.8, 4) is 0 Å². The molecule has 1 rings (SSSR count). The van der Waals surface area contributed by atoms with Crippen molar-refractivity contribution < 1.29 is 9.47 Å². The molecule has 1 unspecified atom stereocenters. The van der Waals surface area contributed by atoms with Crippen molar-refractivity contribution >= 4 is 31.9 Å². The summed E-state index contributed by atoms with van der Waals surface area (Å²) in [4.78, 5) is 0. The minimum absolute atomic E-state index is 0.00366. The Morgan fingerprint density at radius 3 is 1.73 bits per heavy atom. The van der Waals surface area contributed by atoms with Gasteiger partial charge < -0.3 is 9.47 Å². The zero-order valence-electron chi connectivity index (χ0n) is 6.86. The number of hydrogen-bond donors (Lipinski definition) is 0. The summed E-state index contributed by atoms with van der Waals surface area (Å²) in [6.07, 6.45) is 0.882. The first-order valence-corrected chi connectivity index (χ1v) is 5.00. The van der Waals surface area contributed by atoms with Crippen LogP contribution >= 0.6 is 31.9 Å². The van der Waals surface area contributed by atoms with Gasteiger partial charge >= 0.3 is 0 Å². The fourth-order valence-electron chi connectivity index (χ4n) is 1.29. The SMILES string of the molecule is COC(OC)C1(C)CC1(Br)Br. The lowest BCUT2D eigenvalue weighted by atomic mass is 10.1. The second-order valence-corrected chi connectivity index (χ2v) is 6.87. The first-order chi connectivity index (χ1) is 4.98. The highest BCUT2D eigenvalue weighted by molar-refractivity contribution is 9.25. The Hall–Kier alpha value is 0.880. The fourth-order valence-corrected chi connectivity index (χ4v) is 2.83. The summed E-state index contributed by atoms with van der Waals surface area (Å²) in [7, 11) is 3.32. The Kier molecular flexibility index (Phi) is 2.70. The molecule has 1 atom stereocenters. The Labute approximate surface area is 83.9 Å². The summed E-state index contributed by atoms with van der Waals surface area (Å²) in [6.45, 7) is 2.12. The number of alkyl halides is 2. The molecule has 1 aliphatic carbocycles. The van der Waals surface area contributed by atoms with Crippen LogP contribution in [0.3, 0.4) is 0 Å². The van der Waals surface area contributed by atoms with E-state index in [1.165, 1.54) is 0 Å². The molecule has 11 heavy (non-hydrogen) atoms. The molecule has 0 amide bonds. The van der Waals surface area contributed by atoms with Crippen LogP contribution in [0.5, 0.6) is 0 Å². The molecule has 0 aromatic carbocycles.